The molecule has 0 aliphatic heterocycles. The van der Waals surface area contributed by atoms with Crippen LogP contribution in [0.25, 0.3) is 22.2 Å². The minimum absolute atomic E-state index is 0.0283. The highest BCUT2D eigenvalue weighted by Gasteiger charge is 2.22. The van der Waals surface area contributed by atoms with Crippen molar-refractivity contribution in [1.29, 1.82) is 0 Å². The lowest BCUT2D eigenvalue weighted by Gasteiger charge is -2.13. The Bertz CT molecular complexity index is 1280. The first-order valence-corrected chi connectivity index (χ1v) is 11.9. The summed E-state index contributed by atoms with van der Waals surface area (Å²) in [7, 11) is 0. The second kappa shape index (κ2) is 9.67. The van der Waals surface area contributed by atoms with Gasteiger partial charge in [-0.1, -0.05) is 44.0 Å². The van der Waals surface area contributed by atoms with E-state index >= 15 is 0 Å². The summed E-state index contributed by atoms with van der Waals surface area (Å²) >= 11 is 0. The number of pyridine rings is 1. The summed E-state index contributed by atoms with van der Waals surface area (Å²) < 4.78 is 8.28. The van der Waals surface area contributed by atoms with Gasteiger partial charge in [0.05, 0.1) is 18.0 Å². The highest BCUT2D eigenvalue weighted by atomic mass is 16.5. The standard InChI is InChI=1S/C28H29N3O3/c1-19(16-27(32)33)21-7-9-24(10-8-21)34-18-20-6-11-25-26(17-20)31(23-4-2-3-5-23)30-28(25)22-12-14-29-15-13-22/h6-15,17,19,23H,2-5,16,18H2,1H3,(H,32,33). The Morgan fingerprint density at radius 1 is 1.09 bits per heavy atom. The molecule has 174 valence electrons. The van der Waals surface area contributed by atoms with Crippen LogP contribution in [0.4, 0.5) is 0 Å². The third kappa shape index (κ3) is 4.67. The van der Waals surface area contributed by atoms with Gasteiger partial charge in [-0.05, 0) is 60.2 Å². The zero-order valence-corrected chi connectivity index (χ0v) is 19.4. The Morgan fingerprint density at radius 3 is 2.53 bits per heavy atom. The Labute approximate surface area is 199 Å². The number of ether oxygens (including phenoxy) is 1. The Morgan fingerprint density at radius 2 is 1.82 bits per heavy atom. The van der Waals surface area contributed by atoms with E-state index < -0.39 is 5.97 Å². The molecule has 1 aliphatic carbocycles. The molecule has 2 heterocycles. The zero-order valence-electron chi connectivity index (χ0n) is 19.4. The van der Waals surface area contributed by atoms with Crippen LogP contribution >= 0.6 is 0 Å². The van der Waals surface area contributed by atoms with Crippen LogP contribution in [0.15, 0.2) is 67.0 Å². The molecule has 1 N–H and O–H groups in total. The number of benzene rings is 2. The van der Waals surface area contributed by atoms with Gasteiger partial charge in [0.1, 0.15) is 18.1 Å². The fourth-order valence-electron chi connectivity index (χ4n) is 4.86. The highest BCUT2D eigenvalue weighted by molar-refractivity contribution is 5.93. The molecule has 1 atom stereocenters. The van der Waals surface area contributed by atoms with Crippen molar-refractivity contribution < 1.29 is 14.6 Å². The van der Waals surface area contributed by atoms with E-state index in [9.17, 15) is 4.79 Å². The van der Waals surface area contributed by atoms with Crippen LogP contribution in [0, 0.1) is 0 Å². The SMILES string of the molecule is CC(CC(=O)O)c1ccc(OCc2ccc3c(-c4ccncc4)nn(C4CCCC4)c3c2)cc1. The molecule has 0 radical (unpaired) electrons. The maximum absolute atomic E-state index is 11.0. The van der Waals surface area contributed by atoms with Gasteiger partial charge >= 0.3 is 5.97 Å². The maximum atomic E-state index is 11.0. The number of aromatic nitrogens is 3. The number of rotatable bonds is 8. The molecular weight excluding hydrogens is 426 g/mol. The minimum atomic E-state index is -0.785. The molecule has 0 saturated heterocycles. The van der Waals surface area contributed by atoms with Crippen molar-refractivity contribution >= 4 is 16.9 Å². The number of carboxylic acid groups (broad SMARTS) is 1. The monoisotopic (exact) mass is 455 g/mol. The fraction of sp³-hybridized carbons (Fsp3) is 0.321. The van der Waals surface area contributed by atoms with Crippen molar-refractivity contribution in [3.63, 3.8) is 0 Å². The summed E-state index contributed by atoms with van der Waals surface area (Å²) in [6, 6.07) is 18.6. The third-order valence-electron chi connectivity index (χ3n) is 6.73. The van der Waals surface area contributed by atoms with E-state index in [1.54, 1.807) is 0 Å². The summed E-state index contributed by atoms with van der Waals surface area (Å²) in [5, 5.41) is 15.2. The number of aliphatic carboxylic acids is 1. The molecule has 34 heavy (non-hydrogen) atoms. The quantitative estimate of drug-likeness (QED) is 0.334. The van der Waals surface area contributed by atoms with E-state index in [1.807, 2.05) is 55.7 Å². The molecule has 5 rings (SSSR count). The number of hydrogen-bond acceptors (Lipinski definition) is 4. The third-order valence-corrected chi connectivity index (χ3v) is 6.73. The maximum Gasteiger partial charge on any atom is 0.303 e. The zero-order chi connectivity index (χ0) is 23.5. The van der Waals surface area contributed by atoms with Gasteiger partial charge in [0, 0.05) is 23.3 Å². The van der Waals surface area contributed by atoms with Crippen LogP contribution in [-0.4, -0.2) is 25.8 Å². The molecular formula is C28H29N3O3. The van der Waals surface area contributed by atoms with Gasteiger partial charge in [-0.15, -0.1) is 0 Å². The van der Waals surface area contributed by atoms with Crippen molar-refractivity contribution in [1.82, 2.24) is 14.8 Å². The van der Waals surface area contributed by atoms with Crippen molar-refractivity contribution in [3.8, 4) is 17.0 Å². The summed E-state index contributed by atoms with van der Waals surface area (Å²) in [4.78, 5) is 15.1. The van der Waals surface area contributed by atoms with Gasteiger partial charge in [0.25, 0.3) is 0 Å². The lowest BCUT2D eigenvalue weighted by Crippen LogP contribution is -2.06. The highest BCUT2D eigenvalue weighted by Crippen LogP contribution is 2.36. The van der Waals surface area contributed by atoms with Crippen molar-refractivity contribution in [3.05, 3.63) is 78.1 Å². The van der Waals surface area contributed by atoms with Crippen molar-refractivity contribution in [2.75, 3.05) is 0 Å². The van der Waals surface area contributed by atoms with E-state index in [2.05, 4.69) is 27.9 Å². The van der Waals surface area contributed by atoms with Gasteiger partial charge in [-0.25, -0.2) is 0 Å². The first-order valence-electron chi connectivity index (χ1n) is 11.9. The van der Waals surface area contributed by atoms with Crippen molar-refractivity contribution in [2.24, 2.45) is 0 Å². The molecule has 1 saturated carbocycles. The normalized spacial score (nSPS) is 15.0. The Kier molecular flexibility index (Phi) is 6.30. The molecule has 1 fully saturated rings. The fourth-order valence-corrected chi connectivity index (χ4v) is 4.86. The number of carboxylic acids is 1. The second-order valence-electron chi connectivity index (χ2n) is 9.18. The van der Waals surface area contributed by atoms with Gasteiger partial charge in [0.2, 0.25) is 0 Å². The van der Waals surface area contributed by atoms with E-state index in [-0.39, 0.29) is 12.3 Å². The number of hydrogen-bond donors (Lipinski definition) is 1. The average molecular weight is 456 g/mol. The topological polar surface area (TPSA) is 77.2 Å². The average Bonchev–Trinajstić information content (AvgIpc) is 3.51. The molecule has 2 aromatic heterocycles. The van der Waals surface area contributed by atoms with Gasteiger partial charge in [-0.2, -0.15) is 5.10 Å². The first-order chi connectivity index (χ1) is 16.6. The lowest BCUT2D eigenvalue weighted by molar-refractivity contribution is -0.137. The molecule has 2 aromatic carbocycles. The summed E-state index contributed by atoms with van der Waals surface area (Å²) in [6.07, 6.45) is 8.58. The van der Waals surface area contributed by atoms with E-state index in [0.717, 1.165) is 39.0 Å². The van der Waals surface area contributed by atoms with Crippen LogP contribution < -0.4 is 4.74 Å². The Hall–Kier alpha value is -3.67. The van der Waals surface area contributed by atoms with Crippen LogP contribution in [0.3, 0.4) is 0 Å². The largest absolute Gasteiger partial charge is 0.489 e. The smallest absolute Gasteiger partial charge is 0.303 e. The molecule has 4 aromatic rings. The molecule has 0 spiro atoms. The minimum Gasteiger partial charge on any atom is -0.489 e. The van der Waals surface area contributed by atoms with Crippen LogP contribution in [0.5, 0.6) is 5.75 Å². The number of carbonyl (C=O) groups is 1. The summed E-state index contributed by atoms with van der Waals surface area (Å²) in [6.45, 7) is 2.38. The number of fused-ring (bicyclic) bond motifs is 1. The van der Waals surface area contributed by atoms with E-state index in [4.69, 9.17) is 14.9 Å². The molecule has 1 aliphatic rings. The summed E-state index contributed by atoms with van der Waals surface area (Å²) in [5.41, 5.74) is 5.33. The van der Waals surface area contributed by atoms with Crippen LogP contribution in [-0.2, 0) is 11.4 Å². The first kappa shape index (κ1) is 22.1. The van der Waals surface area contributed by atoms with Crippen LogP contribution in [0.2, 0.25) is 0 Å². The van der Waals surface area contributed by atoms with E-state index in [1.165, 1.54) is 25.7 Å². The summed E-state index contributed by atoms with van der Waals surface area (Å²) in [5.74, 6) is -0.0419. The molecule has 0 bridgehead atoms. The van der Waals surface area contributed by atoms with Crippen LogP contribution in [0.1, 0.15) is 62.1 Å². The predicted octanol–water partition coefficient (Wildman–Crippen LogP) is 6.37. The molecule has 1 unspecified atom stereocenters. The van der Waals surface area contributed by atoms with Crippen molar-refractivity contribution in [2.45, 2.75) is 57.6 Å². The Balaban J connectivity index is 1.38. The van der Waals surface area contributed by atoms with E-state index in [0.29, 0.717) is 12.6 Å². The second-order valence-corrected chi connectivity index (χ2v) is 9.18. The van der Waals surface area contributed by atoms with Gasteiger partial charge in [-0.3, -0.25) is 14.5 Å². The van der Waals surface area contributed by atoms with Gasteiger partial charge in [0.15, 0.2) is 0 Å². The molecule has 0 amide bonds. The molecule has 6 heteroatoms. The predicted molar refractivity (Wildman–Crippen MR) is 132 cm³/mol. The van der Waals surface area contributed by atoms with Gasteiger partial charge < -0.3 is 9.84 Å². The number of nitrogens with zero attached hydrogens (tertiary/aromatic N) is 3. The lowest BCUT2D eigenvalue weighted by atomic mass is 9.98. The molecule has 6 nitrogen and oxygen atoms in total.